The number of benzene rings is 2. The van der Waals surface area contributed by atoms with Crippen molar-refractivity contribution in [2.75, 3.05) is 12.0 Å². The van der Waals surface area contributed by atoms with Crippen LogP contribution in [0.2, 0.25) is 0 Å². The summed E-state index contributed by atoms with van der Waals surface area (Å²) in [5.41, 5.74) is 3.21. The van der Waals surface area contributed by atoms with Crippen molar-refractivity contribution in [3.63, 3.8) is 0 Å². The number of hydrogen-bond donors (Lipinski definition) is 1. The lowest BCUT2D eigenvalue weighted by molar-refractivity contribution is 0.269. The quantitative estimate of drug-likeness (QED) is 0.488. The van der Waals surface area contributed by atoms with Crippen molar-refractivity contribution in [3.8, 4) is 0 Å². The molecule has 0 amide bonds. The van der Waals surface area contributed by atoms with Gasteiger partial charge in [0.2, 0.25) is 0 Å². The summed E-state index contributed by atoms with van der Waals surface area (Å²) in [6, 6.07) is 26.9. The summed E-state index contributed by atoms with van der Waals surface area (Å²) < 4.78 is 0. The van der Waals surface area contributed by atoms with Crippen molar-refractivity contribution in [3.05, 3.63) is 103 Å². The third-order valence-corrected chi connectivity index (χ3v) is 4.48. The highest BCUT2D eigenvalue weighted by Gasteiger charge is 2.09. The zero-order valence-corrected chi connectivity index (χ0v) is 15.1. The second-order valence-electron chi connectivity index (χ2n) is 6.53. The Morgan fingerprint density at radius 2 is 1.30 bits per heavy atom. The summed E-state index contributed by atoms with van der Waals surface area (Å²) >= 11 is 0. The molecule has 2 aromatic carbocycles. The first-order valence-corrected chi connectivity index (χ1v) is 9.12. The summed E-state index contributed by atoms with van der Waals surface area (Å²) in [6.45, 7) is 2.24. The third kappa shape index (κ3) is 4.68. The number of aromatic nitrogens is 2. The van der Waals surface area contributed by atoms with Crippen molar-refractivity contribution < 1.29 is 0 Å². The van der Waals surface area contributed by atoms with Crippen LogP contribution < -0.4 is 5.32 Å². The van der Waals surface area contributed by atoms with E-state index in [2.05, 4.69) is 74.8 Å². The van der Waals surface area contributed by atoms with Gasteiger partial charge in [-0.2, -0.15) is 0 Å². The van der Waals surface area contributed by atoms with Gasteiger partial charge in [0.1, 0.15) is 0 Å². The molecule has 0 aliphatic carbocycles. The second-order valence-corrected chi connectivity index (χ2v) is 6.53. The predicted molar refractivity (Wildman–Crippen MR) is 110 cm³/mol. The molecule has 2 aromatic heterocycles. The van der Waals surface area contributed by atoms with Gasteiger partial charge in [-0.25, -0.2) is 0 Å². The standard InChI is InChI=1S/C23H22N4/c1-2-8-20-15-21(12-11-19(20)7-1)26-18-27(16-22-9-3-5-13-24-22)17-23-10-4-6-14-25-23/h1-15,26H,16-18H2. The molecule has 0 saturated carbocycles. The molecule has 2 heterocycles. The smallest absolute Gasteiger partial charge is 0.0685 e. The molecule has 4 aromatic rings. The van der Waals surface area contributed by atoms with E-state index in [1.54, 1.807) is 0 Å². The minimum atomic E-state index is 0.714. The normalized spacial score (nSPS) is 11.0. The van der Waals surface area contributed by atoms with Crippen molar-refractivity contribution >= 4 is 16.5 Å². The van der Waals surface area contributed by atoms with E-state index in [0.29, 0.717) is 6.67 Å². The first-order chi connectivity index (χ1) is 13.4. The van der Waals surface area contributed by atoms with Crippen LogP contribution in [0.1, 0.15) is 11.4 Å². The molecular weight excluding hydrogens is 332 g/mol. The van der Waals surface area contributed by atoms with E-state index in [4.69, 9.17) is 0 Å². The van der Waals surface area contributed by atoms with E-state index in [-0.39, 0.29) is 0 Å². The van der Waals surface area contributed by atoms with E-state index >= 15 is 0 Å². The molecule has 4 nitrogen and oxygen atoms in total. The summed E-state index contributed by atoms with van der Waals surface area (Å²) in [4.78, 5) is 11.2. The first kappa shape index (κ1) is 17.2. The van der Waals surface area contributed by atoms with Gasteiger partial charge in [0, 0.05) is 31.2 Å². The summed E-state index contributed by atoms with van der Waals surface area (Å²) in [7, 11) is 0. The van der Waals surface area contributed by atoms with Gasteiger partial charge >= 0.3 is 0 Å². The molecule has 0 atom stereocenters. The predicted octanol–water partition coefficient (Wildman–Crippen LogP) is 4.70. The number of rotatable bonds is 7. The number of anilines is 1. The van der Waals surface area contributed by atoms with Crippen LogP contribution in [-0.2, 0) is 13.1 Å². The van der Waals surface area contributed by atoms with Crippen LogP contribution in [0.5, 0.6) is 0 Å². The fourth-order valence-electron chi connectivity index (χ4n) is 3.11. The number of fused-ring (bicyclic) bond motifs is 1. The van der Waals surface area contributed by atoms with Crippen molar-refractivity contribution in [2.45, 2.75) is 13.1 Å². The highest BCUT2D eigenvalue weighted by Crippen LogP contribution is 2.19. The fourth-order valence-corrected chi connectivity index (χ4v) is 3.11. The maximum Gasteiger partial charge on any atom is 0.0685 e. The van der Waals surface area contributed by atoms with E-state index in [1.165, 1.54) is 10.8 Å². The Kier molecular flexibility index (Phi) is 5.36. The fraction of sp³-hybridized carbons (Fsp3) is 0.130. The first-order valence-electron chi connectivity index (χ1n) is 9.12. The second kappa shape index (κ2) is 8.43. The zero-order valence-electron chi connectivity index (χ0n) is 15.1. The van der Waals surface area contributed by atoms with Crippen molar-refractivity contribution in [1.82, 2.24) is 14.9 Å². The van der Waals surface area contributed by atoms with Gasteiger partial charge in [-0.1, -0.05) is 42.5 Å². The van der Waals surface area contributed by atoms with Gasteiger partial charge in [0.05, 0.1) is 18.1 Å². The van der Waals surface area contributed by atoms with Crippen LogP contribution in [0, 0.1) is 0 Å². The zero-order chi connectivity index (χ0) is 18.3. The molecule has 0 aliphatic rings. The molecule has 0 saturated heterocycles. The van der Waals surface area contributed by atoms with Crippen LogP contribution in [-0.4, -0.2) is 21.5 Å². The monoisotopic (exact) mass is 354 g/mol. The molecule has 4 heteroatoms. The van der Waals surface area contributed by atoms with Gasteiger partial charge in [0.25, 0.3) is 0 Å². The van der Waals surface area contributed by atoms with Crippen LogP contribution in [0.3, 0.4) is 0 Å². The van der Waals surface area contributed by atoms with Crippen LogP contribution in [0.4, 0.5) is 5.69 Å². The topological polar surface area (TPSA) is 41.0 Å². The Morgan fingerprint density at radius 3 is 1.93 bits per heavy atom. The Hall–Kier alpha value is -3.24. The number of hydrogen-bond acceptors (Lipinski definition) is 4. The molecule has 0 spiro atoms. The van der Waals surface area contributed by atoms with Crippen LogP contribution in [0.15, 0.2) is 91.3 Å². The largest absolute Gasteiger partial charge is 0.372 e. The minimum Gasteiger partial charge on any atom is -0.372 e. The molecule has 0 fully saturated rings. The SMILES string of the molecule is c1ccc(CN(CNc2ccc3ccccc3c2)Cc2ccccn2)nc1. The van der Waals surface area contributed by atoms with Gasteiger partial charge in [-0.05, 0) is 47.2 Å². The Morgan fingerprint density at radius 1 is 0.667 bits per heavy atom. The molecule has 27 heavy (non-hydrogen) atoms. The van der Waals surface area contributed by atoms with E-state index in [1.807, 2.05) is 36.7 Å². The van der Waals surface area contributed by atoms with Gasteiger partial charge in [0.15, 0.2) is 0 Å². The lowest BCUT2D eigenvalue weighted by atomic mass is 10.1. The maximum atomic E-state index is 4.47. The molecule has 0 bridgehead atoms. The van der Waals surface area contributed by atoms with E-state index in [0.717, 1.165) is 30.2 Å². The van der Waals surface area contributed by atoms with Gasteiger partial charge in [-0.3, -0.25) is 14.9 Å². The average Bonchev–Trinajstić information content (AvgIpc) is 2.73. The molecule has 0 unspecified atom stereocenters. The number of pyridine rings is 2. The van der Waals surface area contributed by atoms with E-state index in [9.17, 15) is 0 Å². The summed E-state index contributed by atoms with van der Waals surface area (Å²) in [6.07, 6.45) is 3.68. The Bertz CT molecular complexity index is 945. The molecular formula is C23H22N4. The third-order valence-electron chi connectivity index (χ3n) is 4.48. The molecule has 0 aliphatic heterocycles. The van der Waals surface area contributed by atoms with Gasteiger partial charge < -0.3 is 5.32 Å². The lowest BCUT2D eigenvalue weighted by Crippen LogP contribution is -2.29. The van der Waals surface area contributed by atoms with E-state index < -0.39 is 0 Å². The van der Waals surface area contributed by atoms with Gasteiger partial charge in [-0.15, -0.1) is 0 Å². The molecule has 134 valence electrons. The number of nitrogens with one attached hydrogen (secondary N) is 1. The minimum absolute atomic E-state index is 0.714. The highest BCUT2D eigenvalue weighted by atomic mass is 15.2. The molecule has 4 rings (SSSR count). The Balaban J connectivity index is 1.48. The number of nitrogens with zero attached hydrogens (tertiary/aromatic N) is 3. The lowest BCUT2D eigenvalue weighted by Gasteiger charge is -2.23. The molecule has 1 N–H and O–H groups in total. The Labute approximate surface area is 159 Å². The van der Waals surface area contributed by atoms with Crippen molar-refractivity contribution in [1.29, 1.82) is 0 Å². The van der Waals surface area contributed by atoms with Crippen LogP contribution >= 0.6 is 0 Å². The molecule has 0 radical (unpaired) electrons. The summed E-state index contributed by atoms with van der Waals surface area (Å²) in [5.74, 6) is 0. The average molecular weight is 354 g/mol. The van der Waals surface area contributed by atoms with Crippen LogP contribution in [0.25, 0.3) is 10.8 Å². The maximum absolute atomic E-state index is 4.47. The highest BCUT2D eigenvalue weighted by molar-refractivity contribution is 5.85. The van der Waals surface area contributed by atoms with Crippen molar-refractivity contribution in [2.24, 2.45) is 0 Å². The summed E-state index contributed by atoms with van der Waals surface area (Å²) in [5, 5.41) is 6.04.